The second-order valence-corrected chi connectivity index (χ2v) is 7.29. The Kier molecular flexibility index (Phi) is 4.82. The summed E-state index contributed by atoms with van der Waals surface area (Å²) in [7, 11) is 0. The summed E-state index contributed by atoms with van der Waals surface area (Å²) in [6.07, 6.45) is 7.15. The second kappa shape index (κ2) is 6.75. The Labute approximate surface area is 148 Å². The molecule has 136 valence electrons. The Hall–Kier alpha value is -1.95. The predicted octanol–water partition coefficient (Wildman–Crippen LogP) is 2.47. The highest BCUT2D eigenvalue weighted by Crippen LogP contribution is 2.38. The lowest BCUT2D eigenvalue weighted by molar-refractivity contribution is 0.0731. The molecule has 3 atom stereocenters. The Balaban J connectivity index is 2.13. The molecule has 0 radical (unpaired) electrons. The normalized spacial score (nSPS) is 29.1. The fourth-order valence-corrected chi connectivity index (χ4v) is 3.97. The fraction of sp³-hybridized carbons (Fsp3) is 0.632. The number of allylic oxidation sites excluding steroid dienone is 1. The lowest BCUT2D eigenvalue weighted by atomic mass is 9.73. The molecule has 0 spiro atoms. The number of hydrogen-bond acceptors (Lipinski definition) is 5. The monoisotopic (exact) mass is 344 g/mol. The van der Waals surface area contributed by atoms with Crippen molar-refractivity contribution in [2.24, 2.45) is 5.41 Å². The van der Waals surface area contributed by atoms with E-state index in [1.165, 1.54) is 6.33 Å². The Bertz CT molecular complexity index is 767. The molecule has 0 saturated heterocycles. The molecule has 1 aromatic rings. The quantitative estimate of drug-likeness (QED) is 0.782. The molecule has 2 aliphatic rings. The number of aliphatic hydroxyl groups is 1. The van der Waals surface area contributed by atoms with Crippen LogP contribution in [0.2, 0.25) is 0 Å². The molecule has 0 aromatic carbocycles. The van der Waals surface area contributed by atoms with E-state index in [9.17, 15) is 9.90 Å². The first-order valence-corrected chi connectivity index (χ1v) is 9.28. The lowest BCUT2D eigenvalue weighted by Crippen LogP contribution is -2.43. The molecule has 6 nitrogen and oxygen atoms in total. The molecular formula is C19H28N4O2. The predicted molar refractivity (Wildman–Crippen MR) is 98.9 cm³/mol. The lowest BCUT2D eigenvalue weighted by Gasteiger charge is -2.36. The van der Waals surface area contributed by atoms with Crippen LogP contribution in [0.3, 0.4) is 0 Å². The molecule has 3 N–H and O–H groups in total. The smallest absolute Gasteiger partial charge is 0.261 e. The van der Waals surface area contributed by atoms with E-state index in [2.05, 4.69) is 10.3 Å². The average Bonchev–Trinajstić information content (AvgIpc) is 2.61. The van der Waals surface area contributed by atoms with Crippen molar-refractivity contribution in [2.45, 2.75) is 65.0 Å². The van der Waals surface area contributed by atoms with E-state index in [1.54, 1.807) is 4.57 Å². The van der Waals surface area contributed by atoms with Gasteiger partial charge in [-0.3, -0.25) is 9.36 Å². The molecule has 1 fully saturated rings. The maximum atomic E-state index is 13.1. The highest BCUT2D eigenvalue weighted by Gasteiger charge is 2.39. The fourth-order valence-electron chi connectivity index (χ4n) is 3.97. The van der Waals surface area contributed by atoms with Crippen LogP contribution in [0.5, 0.6) is 0 Å². The molecular weight excluding hydrogens is 316 g/mol. The van der Waals surface area contributed by atoms with Crippen molar-refractivity contribution in [1.29, 1.82) is 5.41 Å². The minimum atomic E-state index is -0.507. The van der Waals surface area contributed by atoms with Crippen LogP contribution in [-0.2, 0) is 0 Å². The summed E-state index contributed by atoms with van der Waals surface area (Å²) in [6, 6.07) is -0.219. The summed E-state index contributed by atoms with van der Waals surface area (Å²) < 4.78 is 1.57. The number of nitrogens with zero attached hydrogens (tertiary/aromatic N) is 2. The number of fused-ring (bicyclic) bond motifs is 1. The molecule has 2 aliphatic carbocycles. The van der Waals surface area contributed by atoms with Gasteiger partial charge in [-0.2, -0.15) is 0 Å². The third-order valence-electron chi connectivity index (χ3n) is 5.83. The Morgan fingerprint density at radius 3 is 2.76 bits per heavy atom. The van der Waals surface area contributed by atoms with Crippen molar-refractivity contribution in [1.82, 2.24) is 14.9 Å². The number of nitrogens with one attached hydrogen (secondary N) is 2. The van der Waals surface area contributed by atoms with Crippen LogP contribution >= 0.6 is 0 Å². The van der Waals surface area contributed by atoms with E-state index in [1.807, 2.05) is 26.8 Å². The molecule has 6 heteroatoms. The highest BCUT2D eigenvalue weighted by atomic mass is 16.3. The van der Waals surface area contributed by atoms with Gasteiger partial charge in [-0.05, 0) is 39.2 Å². The zero-order chi connectivity index (χ0) is 18.2. The minimum absolute atomic E-state index is 0.158. The van der Waals surface area contributed by atoms with Gasteiger partial charge in [-0.15, -0.1) is 0 Å². The van der Waals surface area contributed by atoms with Gasteiger partial charge in [0.2, 0.25) is 0 Å². The van der Waals surface area contributed by atoms with Crippen LogP contribution in [-0.4, -0.2) is 33.0 Å². The molecule has 3 rings (SSSR count). The Morgan fingerprint density at radius 2 is 2.12 bits per heavy atom. The molecule has 1 aromatic heterocycles. The molecule has 0 amide bonds. The van der Waals surface area contributed by atoms with E-state index in [0.717, 1.165) is 44.3 Å². The molecule has 1 heterocycles. The summed E-state index contributed by atoms with van der Waals surface area (Å²) in [4.78, 5) is 17.6. The Morgan fingerprint density at radius 1 is 1.40 bits per heavy atom. The first-order chi connectivity index (χ1) is 11.9. The summed E-state index contributed by atoms with van der Waals surface area (Å²) >= 11 is 0. The van der Waals surface area contributed by atoms with Crippen LogP contribution in [0, 0.1) is 10.8 Å². The van der Waals surface area contributed by atoms with Crippen LogP contribution in [0.1, 0.15) is 70.2 Å². The number of rotatable bonds is 4. The number of hydrogen-bond donors (Lipinski definition) is 3. The summed E-state index contributed by atoms with van der Waals surface area (Å²) in [5.74, 6) is 0. The van der Waals surface area contributed by atoms with Crippen molar-refractivity contribution in [3.05, 3.63) is 33.6 Å². The zero-order valence-electron chi connectivity index (χ0n) is 15.3. The van der Waals surface area contributed by atoms with Gasteiger partial charge in [-0.1, -0.05) is 19.8 Å². The van der Waals surface area contributed by atoms with Crippen LogP contribution in [0.4, 0.5) is 0 Å². The standard InChI is InChI=1S/C19H28N4O2/c1-4-19(3)15(21-5-2)10-12-16(17(19)20)22-11-23(18(12)25)13-8-6-7-9-14(13)24/h10-11,13-14,20-21,24H,4-9H2,1-3H3/t13-,14-,19?/m0/s1. The van der Waals surface area contributed by atoms with Crippen molar-refractivity contribution >= 4 is 11.8 Å². The van der Waals surface area contributed by atoms with Gasteiger partial charge in [0.1, 0.15) is 0 Å². The molecule has 25 heavy (non-hydrogen) atoms. The van der Waals surface area contributed by atoms with Gasteiger partial charge in [0.15, 0.2) is 0 Å². The average molecular weight is 344 g/mol. The van der Waals surface area contributed by atoms with Gasteiger partial charge >= 0.3 is 0 Å². The summed E-state index contributed by atoms with van der Waals surface area (Å²) in [5, 5.41) is 22.3. The highest BCUT2D eigenvalue weighted by molar-refractivity contribution is 6.07. The topological polar surface area (TPSA) is 91.0 Å². The minimum Gasteiger partial charge on any atom is -0.391 e. The van der Waals surface area contributed by atoms with Crippen molar-refractivity contribution in [3.8, 4) is 0 Å². The van der Waals surface area contributed by atoms with Gasteiger partial charge in [-0.25, -0.2) is 4.98 Å². The second-order valence-electron chi connectivity index (χ2n) is 7.29. The largest absolute Gasteiger partial charge is 0.391 e. The molecule has 1 unspecified atom stereocenters. The maximum Gasteiger partial charge on any atom is 0.261 e. The van der Waals surface area contributed by atoms with Crippen LogP contribution < -0.4 is 10.9 Å². The van der Waals surface area contributed by atoms with E-state index >= 15 is 0 Å². The van der Waals surface area contributed by atoms with E-state index in [0.29, 0.717) is 17.0 Å². The molecule has 1 saturated carbocycles. The summed E-state index contributed by atoms with van der Waals surface area (Å²) in [5.41, 5.74) is 1.60. The third kappa shape index (κ3) is 2.82. The van der Waals surface area contributed by atoms with Gasteiger partial charge in [0.25, 0.3) is 5.56 Å². The van der Waals surface area contributed by atoms with Crippen molar-refractivity contribution in [2.75, 3.05) is 6.54 Å². The maximum absolute atomic E-state index is 13.1. The zero-order valence-corrected chi connectivity index (χ0v) is 15.3. The third-order valence-corrected chi connectivity index (χ3v) is 5.83. The molecule has 0 aliphatic heterocycles. The van der Waals surface area contributed by atoms with Crippen LogP contribution in [0.15, 0.2) is 16.8 Å². The van der Waals surface area contributed by atoms with E-state index in [-0.39, 0.29) is 11.6 Å². The SMILES string of the molecule is CCNC1=Cc2c(ncn([C@H]3CCCC[C@@H]3O)c2=O)C(=N)C1(C)CC. The molecule has 0 bridgehead atoms. The van der Waals surface area contributed by atoms with E-state index in [4.69, 9.17) is 5.41 Å². The number of aliphatic hydroxyl groups excluding tert-OH is 1. The van der Waals surface area contributed by atoms with Crippen molar-refractivity contribution in [3.63, 3.8) is 0 Å². The van der Waals surface area contributed by atoms with Crippen molar-refractivity contribution < 1.29 is 5.11 Å². The number of aromatic nitrogens is 2. The first-order valence-electron chi connectivity index (χ1n) is 9.28. The first kappa shape index (κ1) is 17.9. The van der Waals surface area contributed by atoms with Gasteiger partial charge < -0.3 is 15.8 Å². The van der Waals surface area contributed by atoms with E-state index < -0.39 is 11.5 Å². The van der Waals surface area contributed by atoms with Crippen LogP contribution in [0.25, 0.3) is 6.08 Å². The van der Waals surface area contributed by atoms with Gasteiger partial charge in [0, 0.05) is 12.2 Å². The van der Waals surface area contributed by atoms with Gasteiger partial charge in [0.05, 0.1) is 40.9 Å². The summed E-state index contributed by atoms with van der Waals surface area (Å²) in [6.45, 7) is 6.81.